The van der Waals surface area contributed by atoms with Gasteiger partial charge in [0.05, 0.1) is 13.2 Å². The van der Waals surface area contributed by atoms with E-state index in [1.807, 2.05) is 5.48 Å². The third-order valence-electron chi connectivity index (χ3n) is 0.489. The van der Waals surface area contributed by atoms with E-state index in [0.29, 0.717) is 0 Å². The lowest BCUT2D eigenvalue weighted by Gasteiger charge is -2.01. The number of amides is 2. The first-order valence-corrected chi connectivity index (χ1v) is 2.30. The molecule has 0 aliphatic rings. The molecule has 0 aliphatic carbocycles. The van der Waals surface area contributed by atoms with Gasteiger partial charge in [-0.25, -0.2) is 16.1 Å². The molecule has 9 heavy (non-hydrogen) atoms. The number of rotatable bonds is 3. The standard InChI is InChI=1S/C3H9N3O3/c4-5-3(8)6-9-2-1-7/h7H,1-2,4H2,(H2,5,6,8). The van der Waals surface area contributed by atoms with Crippen LogP contribution in [0.15, 0.2) is 0 Å². The van der Waals surface area contributed by atoms with Crippen LogP contribution in [0.25, 0.3) is 0 Å². The summed E-state index contributed by atoms with van der Waals surface area (Å²) in [5, 5.41) is 8.12. The summed E-state index contributed by atoms with van der Waals surface area (Å²) in [6.07, 6.45) is 0. The first kappa shape index (κ1) is 8.15. The van der Waals surface area contributed by atoms with E-state index in [2.05, 4.69) is 10.7 Å². The predicted molar refractivity (Wildman–Crippen MR) is 28.9 cm³/mol. The van der Waals surface area contributed by atoms with E-state index in [1.54, 1.807) is 5.43 Å². The number of carbonyl (C=O) groups excluding carboxylic acids is 1. The molecular formula is C3H9N3O3. The highest BCUT2D eigenvalue weighted by Gasteiger charge is 1.92. The third-order valence-corrected chi connectivity index (χ3v) is 0.489. The molecular weight excluding hydrogens is 126 g/mol. The Hall–Kier alpha value is -0.850. The van der Waals surface area contributed by atoms with Crippen molar-refractivity contribution in [1.82, 2.24) is 10.9 Å². The van der Waals surface area contributed by atoms with E-state index < -0.39 is 6.03 Å². The maximum Gasteiger partial charge on any atom is 0.352 e. The summed E-state index contributed by atoms with van der Waals surface area (Å²) in [4.78, 5) is 14.5. The van der Waals surface area contributed by atoms with Crippen LogP contribution in [-0.2, 0) is 4.84 Å². The van der Waals surface area contributed by atoms with Crippen molar-refractivity contribution in [2.45, 2.75) is 0 Å². The zero-order chi connectivity index (χ0) is 7.11. The average molecular weight is 135 g/mol. The largest absolute Gasteiger partial charge is 0.394 e. The number of aliphatic hydroxyl groups is 1. The molecule has 0 atom stereocenters. The molecule has 6 heteroatoms. The Morgan fingerprint density at radius 2 is 2.44 bits per heavy atom. The van der Waals surface area contributed by atoms with E-state index >= 15 is 0 Å². The molecule has 5 N–H and O–H groups in total. The van der Waals surface area contributed by atoms with E-state index in [9.17, 15) is 4.79 Å². The Morgan fingerprint density at radius 3 is 2.89 bits per heavy atom. The molecule has 0 unspecified atom stereocenters. The summed E-state index contributed by atoms with van der Waals surface area (Å²) in [6.45, 7) is -0.0989. The molecule has 0 bridgehead atoms. The second-order valence-electron chi connectivity index (χ2n) is 1.15. The summed E-state index contributed by atoms with van der Waals surface area (Å²) < 4.78 is 0. The van der Waals surface area contributed by atoms with Crippen LogP contribution in [0.4, 0.5) is 4.79 Å². The number of urea groups is 1. The summed E-state index contributed by atoms with van der Waals surface area (Å²) in [6, 6.07) is -0.650. The molecule has 0 aliphatic heterocycles. The number of hydrazine groups is 1. The van der Waals surface area contributed by atoms with Gasteiger partial charge in [0.1, 0.15) is 0 Å². The maximum absolute atomic E-state index is 10.1. The molecule has 0 heterocycles. The van der Waals surface area contributed by atoms with Crippen molar-refractivity contribution in [3.63, 3.8) is 0 Å². The van der Waals surface area contributed by atoms with Gasteiger partial charge in [-0.1, -0.05) is 0 Å². The van der Waals surface area contributed by atoms with Gasteiger partial charge in [-0.05, 0) is 0 Å². The van der Waals surface area contributed by atoms with Crippen LogP contribution in [0.5, 0.6) is 0 Å². The van der Waals surface area contributed by atoms with Gasteiger partial charge >= 0.3 is 6.03 Å². The number of carbonyl (C=O) groups is 1. The predicted octanol–water partition coefficient (Wildman–Crippen LogP) is -1.92. The van der Waals surface area contributed by atoms with Crippen molar-refractivity contribution >= 4 is 6.03 Å². The Kier molecular flexibility index (Phi) is 4.79. The Morgan fingerprint density at radius 1 is 1.78 bits per heavy atom. The molecule has 0 saturated carbocycles. The van der Waals surface area contributed by atoms with Crippen molar-refractivity contribution in [2.24, 2.45) is 5.84 Å². The molecule has 2 amide bonds. The number of hydroxylamine groups is 1. The maximum atomic E-state index is 10.1. The summed E-state index contributed by atoms with van der Waals surface area (Å²) in [5.41, 5.74) is 3.67. The van der Waals surface area contributed by atoms with Gasteiger partial charge < -0.3 is 5.11 Å². The van der Waals surface area contributed by atoms with Gasteiger partial charge in [-0.15, -0.1) is 0 Å². The molecule has 6 nitrogen and oxygen atoms in total. The highest BCUT2D eigenvalue weighted by atomic mass is 16.7. The lowest BCUT2D eigenvalue weighted by atomic mass is 10.8. The topological polar surface area (TPSA) is 96.6 Å². The van der Waals surface area contributed by atoms with Crippen molar-refractivity contribution in [2.75, 3.05) is 13.2 Å². The fraction of sp³-hybridized carbons (Fsp3) is 0.667. The SMILES string of the molecule is NNC(=O)NOCCO. The van der Waals surface area contributed by atoms with Gasteiger partial charge in [-0.3, -0.25) is 10.3 Å². The van der Waals surface area contributed by atoms with Crippen LogP contribution in [0.1, 0.15) is 0 Å². The van der Waals surface area contributed by atoms with Crippen LogP contribution in [0.2, 0.25) is 0 Å². The van der Waals surface area contributed by atoms with Crippen LogP contribution in [-0.4, -0.2) is 24.4 Å². The number of nitrogens with one attached hydrogen (secondary N) is 2. The van der Waals surface area contributed by atoms with Gasteiger partial charge in [0.2, 0.25) is 0 Å². The van der Waals surface area contributed by atoms with Crippen LogP contribution >= 0.6 is 0 Å². The van der Waals surface area contributed by atoms with Gasteiger partial charge in [0.15, 0.2) is 0 Å². The first-order chi connectivity index (χ1) is 4.31. The molecule has 0 aromatic rings. The Bertz CT molecular complexity index is 86.4. The number of hydrogen-bond acceptors (Lipinski definition) is 4. The fourth-order valence-electron chi connectivity index (χ4n) is 0.192. The minimum atomic E-state index is -0.650. The van der Waals surface area contributed by atoms with Gasteiger partial charge in [-0.2, -0.15) is 0 Å². The van der Waals surface area contributed by atoms with Crippen molar-refractivity contribution in [3.05, 3.63) is 0 Å². The van der Waals surface area contributed by atoms with E-state index in [1.165, 1.54) is 0 Å². The zero-order valence-corrected chi connectivity index (χ0v) is 4.76. The molecule has 0 fully saturated rings. The minimum absolute atomic E-state index is 0.0490. The summed E-state index contributed by atoms with van der Waals surface area (Å²) in [5.74, 6) is 4.65. The Balaban J connectivity index is 2.97. The quantitative estimate of drug-likeness (QED) is 0.157. The number of aliphatic hydroxyl groups excluding tert-OH is 1. The second-order valence-corrected chi connectivity index (χ2v) is 1.15. The minimum Gasteiger partial charge on any atom is -0.394 e. The van der Waals surface area contributed by atoms with Crippen LogP contribution < -0.4 is 16.7 Å². The van der Waals surface area contributed by atoms with Gasteiger partial charge in [0.25, 0.3) is 0 Å². The molecule has 54 valence electrons. The number of nitrogens with two attached hydrogens (primary N) is 1. The zero-order valence-electron chi connectivity index (χ0n) is 4.76. The highest BCUT2D eigenvalue weighted by molar-refractivity contribution is 5.71. The molecule has 0 aromatic carbocycles. The first-order valence-electron chi connectivity index (χ1n) is 2.30. The van der Waals surface area contributed by atoms with E-state index in [4.69, 9.17) is 5.11 Å². The van der Waals surface area contributed by atoms with Crippen molar-refractivity contribution < 1.29 is 14.7 Å². The highest BCUT2D eigenvalue weighted by Crippen LogP contribution is 1.64. The van der Waals surface area contributed by atoms with E-state index in [0.717, 1.165) is 0 Å². The van der Waals surface area contributed by atoms with E-state index in [-0.39, 0.29) is 13.2 Å². The molecule has 0 saturated heterocycles. The lowest BCUT2D eigenvalue weighted by Crippen LogP contribution is -2.40. The van der Waals surface area contributed by atoms with Crippen LogP contribution in [0, 0.1) is 0 Å². The molecule has 0 rings (SSSR count). The molecule has 0 aromatic heterocycles. The third kappa shape index (κ3) is 5.01. The fourth-order valence-corrected chi connectivity index (χ4v) is 0.192. The Labute approximate surface area is 51.9 Å². The average Bonchev–Trinajstić information content (AvgIpc) is 1.89. The number of hydrogen-bond donors (Lipinski definition) is 4. The van der Waals surface area contributed by atoms with Crippen LogP contribution in [0.3, 0.4) is 0 Å². The molecule has 0 spiro atoms. The normalized spacial score (nSPS) is 8.67. The molecule has 0 radical (unpaired) electrons. The monoisotopic (exact) mass is 135 g/mol. The van der Waals surface area contributed by atoms with Crippen molar-refractivity contribution in [1.29, 1.82) is 0 Å². The van der Waals surface area contributed by atoms with Gasteiger partial charge in [0, 0.05) is 0 Å². The second kappa shape index (κ2) is 5.29. The smallest absolute Gasteiger partial charge is 0.352 e. The summed E-state index contributed by atoms with van der Waals surface area (Å²) in [7, 11) is 0. The lowest BCUT2D eigenvalue weighted by molar-refractivity contribution is 0.0365. The van der Waals surface area contributed by atoms with Crippen molar-refractivity contribution in [3.8, 4) is 0 Å². The summed E-state index contributed by atoms with van der Waals surface area (Å²) >= 11 is 0.